The average Bonchev–Trinajstić information content (AvgIpc) is 2.71. The molecule has 1 aromatic heterocycles. The molecule has 2 rings (SSSR count). The first-order valence-corrected chi connectivity index (χ1v) is 5.89. The molecule has 0 saturated carbocycles. The first-order chi connectivity index (χ1) is 9.06. The predicted octanol–water partition coefficient (Wildman–Crippen LogP) is 3.70. The van der Waals surface area contributed by atoms with Crippen molar-refractivity contribution >= 4 is 29.2 Å². The zero-order valence-corrected chi connectivity index (χ0v) is 11.2. The molecule has 0 saturated heterocycles. The van der Waals surface area contributed by atoms with Crippen molar-refractivity contribution in [3.8, 4) is 23.8 Å². The number of nitrogens with zero attached hydrogens (tertiary/aromatic N) is 1. The first-order valence-electron chi connectivity index (χ1n) is 5.13. The SMILES string of the molecule is C#COC(=O)c1c(-c2c(Cl)cccc2Cl)noc1C. The lowest BCUT2D eigenvalue weighted by molar-refractivity contribution is 0.0690. The van der Waals surface area contributed by atoms with Gasteiger partial charge in [-0.05, 0) is 19.1 Å². The Labute approximate surface area is 119 Å². The summed E-state index contributed by atoms with van der Waals surface area (Å²) in [6.07, 6.45) is 6.74. The Bertz CT molecular complexity index is 665. The van der Waals surface area contributed by atoms with E-state index >= 15 is 0 Å². The van der Waals surface area contributed by atoms with Gasteiger partial charge in [0.05, 0.1) is 10.0 Å². The largest absolute Gasteiger partial charge is 0.369 e. The molecule has 0 fully saturated rings. The quantitative estimate of drug-likeness (QED) is 0.626. The van der Waals surface area contributed by atoms with Crippen molar-refractivity contribution in [1.82, 2.24) is 5.16 Å². The van der Waals surface area contributed by atoms with Crippen LogP contribution in [0, 0.1) is 19.5 Å². The van der Waals surface area contributed by atoms with Crippen LogP contribution < -0.4 is 0 Å². The third kappa shape index (κ3) is 2.43. The molecular formula is C13H7Cl2NO3. The maximum atomic E-state index is 11.8. The van der Waals surface area contributed by atoms with Crippen LogP contribution in [0.25, 0.3) is 11.3 Å². The summed E-state index contributed by atoms with van der Waals surface area (Å²) in [5.41, 5.74) is 0.702. The molecule has 0 aliphatic carbocycles. The van der Waals surface area contributed by atoms with Crippen molar-refractivity contribution in [3.63, 3.8) is 0 Å². The summed E-state index contributed by atoms with van der Waals surface area (Å²) in [4.78, 5) is 11.8. The van der Waals surface area contributed by atoms with Gasteiger partial charge in [-0.1, -0.05) is 40.8 Å². The highest BCUT2D eigenvalue weighted by molar-refractivity contribution is 6.39. The maximum absolute atomic E-state index is 11.8. The Morgan fingerprint density at radius 3 is 2.63 bits per heavy atom. The molecular weight excluding hydrogens is 289 g/mol. The van der Waals surface area contributed by atoms with Crippen molar-refractivity contribution in [1.29, 1.82) is 0 Å². The lowest BCUT2D eigenvalue weighted by atomic mass is 10.1. The number of hydrogen-bond acceptors (Lipinski definition) is 4. The summed E-state index contributed by atoms with van der Waals surface area (Å²) < 4.78 is 9.50. The minimum atomic E-state index is -0.743. The van der Waals surface area contributed by atoms with E-state index < -0.39 is 5.97 Å². The minimum Gasteiger partial charge on any atom is -0.369 e. The summed E-state index contributed by atoms with van der Waals surface area (Å²) in [7, 11) is 0. The second kappa shape index (κ2) is 5.35. The number of ether oxygens (including phenoxy) is 1. The van der Waals surface area contributed by atoms with Crippen molar-refractivity contribution in [2.75, 3.05) is 0 Å². The van der Waals surface area contributed by atoms with Crippen LogP contribution in [-0.2, 0) is 4.74 Å². The fourth-order valence-corrected chi connectivity index (χ4v) is 2.19. The highest BCUT2D eigenvalue weighted by Crippen LogP contribution is 2.36. The Morgan fingerprint density at radius 1 is 1.42 bits per heavy atom. The smallest absolute Gasteiger partial charge is 0.357 e. The molecule has 4 nitrogen and oxygen atoms in total. The molecule has 0 unspecified atom stereocenters. The molecule has 0 radical (unpaired) electrons. The number of carbonyl (C=O) groups is 1. The third-order valence-corrected chi connectivity index (χ3v) is 3.05. The van der Waals surface area contributed by atoms with Crippen LogP contribution in [0.15, 0.2) is 22.7 Å². The molecule has 2 aromatic rings. The first kappa shape index (κ1) is 13.5. The number of hydrogen-bond donors (Lipinski definition) is 0. The maximum Gasteiger partial charge on any atom is 0.357 e. The molecule has 0 N–H and O–H groups in total. The molecule has 1 aromatic carbocycles. The molecule has 1 heterocycles. The highest BCUT2D eigenvalue weighted by Gasteiger charge is 2.25. The number of esters is 1. The minimum absolute atomic E-state index is 0.105. The van der Waals surface area contributed by atoms with Crippen molar-refractivity contribution in [3.05, 3.63) is 39.6 Å². The summed E-state index contributed by atoms with van der Waals surface area (Å²) in [6.45, 7) is 1.56. The summed E-state index contributed by atoms with van der Waals surface area (Å²) in [5, 5.41) is 4.48. The van der Waals surface area contributed by atoms with Crippen LogP contribution in [0.4, 0.5) is 0 Å². The Morgan fingerprint density at radius 2 is 2.05 bits per heavy atom. The zero-order valence-electron chi connectivity index (χ0n) is 9.74. The molecule has 0 aliphatic heterocycles. The van der Waals surface area contributed by atoms with Gasteiger partial charge in [-0.3, -0.25) is 0 Å². The van der Waals surface area contributed by atoms with E-state index in [9.17, 15) is 4.79 Å². The fraction of sp³-hybridized carbons (Fsp3) is 0.0769. The topological polar surface area (TPSA) is 52.3 Å². The zero-order chi connectivity index (χ0) is 14.0. The highest BCUT2D eigenvalue weighted by atomic mass is 35.5. The molecule has 0 spiro atoms. The molecule has 19 heavy (non-hydrogen) atoms. The Balaban J connectivity index is 2.65. The fourth-order valence-electron chi connectivity index (χ4n) is 1.61. The van der Waals surface area contributed by atoms with Gasteiger partial charge in [-0.25, -0.2) is 4.79 Å². The molecule has 6 heteroatoms. The van der Waals surface area contributed by atoms with Crippen LogP contribution >= 0.6 is 23.2 Å². The molecule has 0 amide bonds. The van der Waals surface area contributed by atoms with Crippen LogP contribution in [0.2, 0.25) is 10.0 Å². The summed E-state index contributed by atoms with van der Waals surface area (Å²) in [6, 6.07) is 4.94. The van der Waals surface area contributed by atoms with E-state index in [0.29, 0.717) is 15.6 Å². The van der Waals surface area contributed by atoms with Gasteiger partial charge < -0.3 is 9.26 Å². The average molecular weight is 296 g/mol. The van der Waals surface area contributed by atoms with Crippen molar-refractivity contribution in [2.24, 2.45) is 0 Å². The molecule has 0 aliphatic rings. The normalized spacial score (nSPS) is 10.0. The van der Waals surface area contributed by atoms with Gasteiger partial charge in [0.1, 0.15) is 23.1 Å². The predicted molar refractivity (Wildman–Crippen MR) is 70.9 cm³/mol. The third-order valence-electron chi connectivity index (χ3n) is 2.42. The van der Waals surface area contributed by atoms with Crippen LogP contribution in [0.3, 0.4) is 0 Å². The standard InChI is InChI=1S/C13H7Cl2NO3/c1-3-18-13(17)10-7(2)19-16-12(10)11-8(14)5-4-6-9(11)15/h1,4-6H,2H3. The van der Waals surface area contributed by atoms with Gasteiger partial charge >= 0.3 is 5.97 Å². The van der Waals surface area contributed by atoms with Gasteiger partial charge in [0.2, 0.25) is 0 Å². The Kier molecular flexibility index (Phi) is 3.79. The van der Waals surface area contributed by atoms with Crippen LogP contribution in [0.1, 0.15) is 16.1 Å². The number of carbonyl (C=O) groups excluding carboxylic acids is 1. The second-order valence-corrected chi connectivity index (χ2v) is 4.38. The number of terminal acetylenes is 1. The van der Waals surface area contributed by atoms with E-state index in [-0.39, 0.29) is 17.0 Å². The lowest BCUT2D eigenvalue weighted by Gasteiger charge is -2.04. The number of rotatable bonds is 2. The van der Waals surface area contributed by atoms with E-state index in [4.69, 9.17) is 34.1 Å². The van der Waals surface area contributed by atoms with Gasteiger partial charge in [-0.15, -0.1) is 0 Å². The van der Waals surface area contributed by atoms with Crippen LogP contribution in [-0.4, -0.2) is 11.1 Å². The summed E-state index contributed by atoms with van der Waals surface area (Å²) >= 11 is 12.1. The number of benzene rings is 1. The van der Waals surface area contributed by atoms with Gasteiger partial charge in [0.15, 0.2) is 0 Å². The van der Waals surface area contributed by atoms with Gasteiger partial charge in [-0.2, -0.15) is 0 Å². The number of aryl methyl sites for hydroxylation is 1. The second-order valence-electron chi connectivity index (χ2n) is 3.57. The number of aromatic nitrogens is 1. The Hall–Kier alpha value is -1.96. The van der Waals surface area contributed by atoms with E-state index in [1.54, 1.807) is 31.2 Å². The molecule has 0 atom stereocenters. The molecule has 0 bridgehead atoms. The molecule has 96 valence electrons. The van der Waals surface area contributed by atoms with E-state index in [0.717, 1.165) is 0 Å². The number of halogens is 2. The van der Waals surface area contributed by atoms with E-state index in [1.165, 1.54) is 0 Å². The lowest BCUT2D eigenvalue weighted by Crippen LogP contribution is -2.03. The van der Waals surface area contributed by atoms with E-state index in [1.807, 2.05) is 0 Å². The monoisotopic (exact) mass is 295 g/mol. The van der Waals surface area contributed by atoms with Crippen molar-refractivity contribution in [2.45, 2.75) is 6.92 Å². The summed E-state index contributed by atoms with van der Waals surface area (Å²) in [5.74, 6) is -0.474. The van der Waals surface area contributed by atoms with Crippen molar-refractivity contribution < 1.29 is 14.1 Å². The van der Waals surface area contributed by atoms with Crippen LogP contribution in [0.5, 0.6) is 0 Å². The van der Waals surface area contributed by atoms with Gasteiger partial charge in [0, 0.05) is 5.56 Å². The van der Waals surface area contributed by atoms with E-state index in [2.05, 4.69) is 9.89 Å². The van der Waals surface area contributed by atoms with Gasteiger partial charge in [0.25, 0.3) is 0 Å².